The lowest BCUT2D eigenvalue weighted by Gasteiger charge is -2.42. The van der Waals surface area contributed by atoms with E-state index in [4.69, 9.17) is 0 Å². The third kappa shape index (κ3) is 3.03. The highest BCUT2D eigenvalue weighted by Gasteiger charge is 2.31. The van der Waals surface area contributed by atoms with Crippen molar-refractivity contribution < 1.29 is 8.42 Å². The number of piperazine rings is 1. The zero-order valence-electron chi connectivity index (χ0n) is 11.5. The van der Waals surface area contributed by atoms with E-state index in [0.29, 0.717) is 19.1 Å². The Labute approximate surface area is 120 Å². The van der Waals surface area contributed by atoms with E-state index < -0.39 is 10.0 Å². The molecule has 110 valence electrons. The molecule has 0 aromatic heterocycles. The molecule has 0 bridgehead atoms. The van der Waals surface area contributed by atoms with Crippen LogP contribution in [0.4, 0.5) is 0 Å². The van der Waals surface area contributed by atoms with E-state index >= 15 is 0 Å². The van der Waals surface area contributed by atoms with Crippen molar-refractivity contribution in [2.75, 3.05) is 39.3 Å². The topological polar surface area (TPSA) is 52.7 Å². The summed E-state index contributed by atoms with van der Waals surface area (Å²) in [5.74, 6) is 0.110. The van der Waals surface area contributed by atoms with Gasteiger partial charge in [-0.1, -0.05) is 30.3 Å². The molecule has 0 spiro atoms. The molecule has 1 aromatic carbocycles. The molecule has 0 radical (unpaired) electrons. The molecular formula is C14H21N3O2S. The highest BCUT2D eigenvalue weighted by atomic mass is 32.2. The third-order valence-electron chi connectivity index (χ3n) is 4.13. The highest BCUT2D eigenvalue weighted by molar-refractivity contribution is 7.88. The number of sulfonamides is 1. The largest absolute Gasteiger partial charge is 0.314 e. The Hall–Kier alpha value is -0.950. The molecule has 3 rings (SSSR count). The molecule has 20 heavy (non-hydrogen) atoms. The molecule has 2 saturated heterocycles. The van der Waals surface area contributed by atoms with Crippen LogP contribution in [0.3, 0.4) is 0 Å². The van der Waals surface area contributed by atoms with Gasteiger partial charge in [-0.3, -0.25) is 4.90 Å². The first-order valence-electron chi connectivity index (χ1n) is 7.12. The van der Waals surface area contributed by atoms with Crippen LogP contribution in [-0.2, 0) is 15.8 Å². The van der Waals surface area contributed by atoms with Crippen LogP contribution < -0.4 is 5.32 Å². The van der Waals surface area contributed by atoms with Crippen LogP contribution in [0, 0.1) is 0 Å². The number of nitrogens with zero attached hydrogens (tertiary/aromatic N) is 2. The zero-order valence-corrected chi connectivity index (χ0v) is 12.3. The fraction of sp³-hybridized carbons (Fsp3) is 0.571. The highest BCUT2D eigenvalue weighted by Crippen LogP contribution is 2.15. The Morgan fingerprint density at radius 1 is 1.05 bits per heavy atom. The minimum absolute atomic E-state index is 0.110. The molecular weight excluding hydrogens is 274 g/mol. The average Bonchev–Trinajstić information content (AvgIpc) is 2.38. The molecule has 0 saturated carbocycles. The summed E-state index contributed by atoms with van der Waals surface area (Å²) in [6.07, 6.45) is 0. The normalized spacial score (nSPS) is 22.6. The number of hydrogen-bond donors (Lipinski definition) is 1. The van der Waals surface area contributed by atoms with Crippen LogP contribution in [-0.4, -0.2) is 62.9 Å². The molecule has 1 N–H and O–H groups in total. The van der Waals surface area contributed by atoms with Gasteiger partial charge in [0.2, 0.25) is 10.0 Å². The van der Waals surface area contributed by atoms with Crippen molar-refractivity contribution in [1.29, 1.82) is 0 Å². The third-order valence-corrected chi connectivity index (χ3v) is 5.98. The minimum atomic E-state index is -3.18. The number of hydrogen-bond acceptors (Lipinski definition) is 4. The summed E-state index contributed by atoms with van der Waals surface area (Å²) >= 11 is 0. The molecule has 0 atom stereocenters. The van der Waals surface area contributed by atoms with Gasteiger partial charge in [0.15, 0.2) is 0 Å². The van der Waals surface area contributed by atoms with Crippen molar-refractivity contribution >= 4 is 10.0 Å². The smallest absolute Gasteiger partial charge is 0.218 e. The Balaban J connectivity index is 1.58. The molecule has 6 heteroatoms. The molecule has 1 aromatic rings. The van der Waals surface area contributed by atoms with Gasteiger partial charge >= 0.3 is 0 Å². The maximum Gasteiger partial charge on any atom is 0.218 e. The second kappa shape index (κ2) is 5.81. The van der Waals surface area contributed by atoms with Gasteiger partial charge in [-0.05, 0) is 5.56 Å². The van der Waals surface area contributed by atoms with Crippen LogP contribution in [0.2, 0.25) is 0 Å². The van der Waals surface area contributed by atoms with Gasteiger partial charge < -0.3 is 5.32 Å². The monoisotopic (exact) mass is 295 g/mol. The van der Waals surface area contributed by atoms with Crippen LogP contribution >= 0.6 is 0 Å². The van der Waals surface area contributed by atoms with Gasteiger partial charge in [0.25, 0.3) is 0 Å². The Morgan fingerprint density at radius 2 is 1.70 bits per heavy atom. The van der Waals surface area contributed by atoms with Gasteiger partial charge in [-0.2, -0.15) is 4.31 Å². The molecule has 5 nitrogen and oxygen atoms in total. The van der Waals surface area contributed by atoms with Crippen LogP contribution in [0.25, 0.3) is 0 Å². The predicted octanol–water partition coefficient (Wildman–Crippen LogP) is 0.106. The summed E-state index contributed by atoms with van der Waals surface area (Å²) in [5.41, 5.74) is 0.859. The van der Waals surface area contributed by atoms with Gasteiger partial charge in [0.05, 0.1) is 5.75 Å². The van der Waals surface area contributed by atoms with Gasteiger partial charge in [0.1, 0.15) is 0 Å². The lowest BCUT2D eigenvalue weighted by atomic mass is 10.1. The fourth-order valence-corrected chi connectivity index (χ4v) is 4.27. The van der Waals surface area contributed by atoms with Crippen LogP contribution in [0.5, 0.6) is 0 Å². The molecule has 0 aliphatic carbocycles. The Morgan fingerprint density at radius 3 is 2.25 bits per heavy atom. The number of nitrogens with one attached hydrogen (secondary N) is 1. The van der Waals surface area contributed by atoms with E-state index in [0.717, 1.165) is 31.7 Å². The van der Waals surface area contributed by atoms with E-state index in [-0.39, 0.29) is 5.75 Å². The van der Waals surface area contributed by atoms with Crippen molar-refractivity contribution in [3.63, 3.8) is 0 Å². The maximum absolute atomic E-state index is 12.4. The standard InChI is InChI=1S/C14H21N3O2S/c18-20(19,12-13-4-2-1-3-5-13)17-8-6-16(7-9-17)14-10-15-11-14/h1-5,14-15H,6-12H2. The average molecular weight is 295 g/mol. The summed E-state index contributed by atoms with van der Waals surface area (Å²) in [5, 5.41) is 3.26. The molecule has 2 heterocycles. The first-order chi connectivity index (χ1) is 9.65. The van der Waals surface area contributed by atoms with Crippen molar-refractivity contribution in [3.05, 3.63) is 35.9 Å². The summed E-state index contributed by atoms with van der Waals surface area (Å²) in [4.78, 5) is 2.39. The lowest BCUT2D eigenvalue weighted by Crippen LogP contribution is -2.62. The summed E-state index contributed by atoms with van der Waals surface area (Å²) in [7, 11) is -3.18. The van der Waals surface area contributed by atoms with Crippen molar-refractivity contribution in [1.82, 2.24) is 14.5 Å². The molecule has 0 amide bonds. The first-order valence-corrected chi connectivity index (χ1v) is 8.72. The summed E-state index contributed by atoms with van der Waals surface area (Å²) in [6, 6.07) is 10.0. The first kappa shape index (κ1) is 14.0. The second-order valence-corrected chi connectivity index (χ2v) is 7.46. The van der Waals surface area contributed by atoms with Crippen LogP contribution in [0.15, 0.2) is 30.3 Å². The summed E-state index contributed by atoms with van der Waals surface area (Å²) in [6.45, 7) is 5.01. The zero-order chi connectivity index (χ0) is 14.0. The van der Waals surface area contributed by atoms with Crippen LogP contribution in [0.1, 0.15) is 5.56 Å². The Bertz CT molecular complexity index is 535. The molecule has 0 unspecified atom stereocenters. The maximum atomic E-state index is 12.4. The van der Waals surface area contributed by atoms with Crippen molar-refractivity contribution in [2.45, 2.75) is 11.8 Å². The van der Waals surface area contributed by atoms with E-state index in [1.165, 1.54) is 0 Å². The van der Waals surface area contributed by atoms with Crippen molar-refractivity contribution in [3.8, 4) is 0 Å². The second-order valence-electron chi connectivity index (χ2n) is 5.49. The van der Waals surface area contributed by atoms with E-state index in [1.807, 2.05) is 30.3 Å². The molecule has 2 aliphatic rings. The van der Waals surface area contributed by atoms with Crippen molar-refractivity contribution in [2.24, 2.45) is 0 Å². The van der Waals surface area contributed by atoms with E-state index in [9.17, 15) is 8.42 Å². The van der Waals surface area contributed by atoms with E-state index in [1.54, 1.807) is 4.31 Å². The molecule has 2 fully saturated rings. The number of benzene rings is 1. The quantitative estimate of drug-likeness (QED) is 0.856. The number of rotatable bonds is 4. The summed E-state index contributed by atoms with van der Waals surface area (Å²) < 4.78 is 26.5. The van der Waals surface area contributed by atoms with E-state index in [2.05, 4.69) is 10.2 Å². The lowest BCUT2D eigenvalue weighted by molar-refractivity contribution is 0.103. The Kier molecular flexibility index (Phi) is 4.07. The minimum Gasteiger partial charge on any atom is -0.314 e. The van der Waals surface area contributed by atoms with Gasteiger partial charge in [0, 0.05) is 45.3 Å². The van der Waals surface area contributed by atoms with Gasteiger partial charge in [-0.25, -0.2) is 8.42 Å². The predicted molar refractivity (Wildman–Crippen MR) is 78.9 cm³/mol. The molecule has 2 aliphatic heterocycles. The van der Waals surface area contributed by atoms with Gasteiger partial charge in [-0.15, -0.1) is 0 Å². The fourth-order valence-electron chi connectivity index (χ4n) is 2.75. The SMILES string of the molecule is O=S(=O)(Cc1ccccc1)N1CCN(C2CNC2)CC1.